The highest BCUT2D eigenvalue weighted by molar-refractivity contribution is 7.89. The lowest BCUT2D eigenvalue weighted by molar-refractivity contribution is 0.217. The molecule has 2 rings (SSSR count). The van der Waals surface area contributed by atoms with Crippen molar-refractivity contribution in [2.45, 2.75) is 43.6 Å². The maximum absolute atomic E-state index is 12.6. The summed E-state index contributed by atoms with van der Waals surface area (Å²) < 4.78 is 26.7. The zero-order chi connectivity index (χ0) is 14.0. The van der Waals surface area contributed by atoms with Gasteiger partial charge in [-0.05, 0) is 37.3 Å². The van der Waals surface area contributed by atoms with Crippen LogP contribution in [-0.4, -0.2) is 30.3 Å². The van der Waals surface area contributed by atoms with Crippen molar-refractivity contribution >= 4 is 21.6 Å². The SMILES string of the molecule is CC1CCC(C)N(S(=O)(=O)c2ccc(CCl)cn2)C1. The van der Waals surface area contributed by atoms with Crippen molar-refractivity contribution in [3.05, 3.63) is 23.9 Å². The lowest BCUT2D eigenvalue weighted by Gasteiger charge is -2.35. The van der Waals surface area contributed by atoms with E-state index < -0.39 is 10.0 Å². The van der Waals surface area contributed by atoms with Crippen LogP contribution in [0.1, 0.15) is 32.3 Å². The summed E-state index contributed by atoms with van der Waals surface area (Å²) in [4.78, 5) is 4.04. The molecule has 0 radical (unpaired) electrons. The van der Waals surface area contributed by atoms with Crippen LogP contribution in [0.5, 0.6) is 0 Å². The Morgan fingerprint density at radius 3 is 2.68 bits per heavy atom. The van der Waals surface area contributed by atoms with Gasteiger partial charge in [-0.15, -0.1) is 11.6 Å². The summed E-state index contributed by atoms with van der Waals surface area (Å²) in [6, 6.07) is 3.29. The molecule has 4 nitrogen and oxygen atoms in total. The third-order valence-electron chi connectivity index (χ3n) is 3.59. The number of sulfonamides is 1. The average molecular weight is 303 g/mol. The quantitative estimate of drug-likeness (QED) is 0.807. The summed E-state index contributed by atoms with van der Waals surface area (Å²) in [6.45, 7) is 4.61. The Balaban J connectivity index is 2.29. The maximum atomic E-state index is 12.6. The van der Waals surface area contributed by atoms with Crippen LogP contribution in [0, 0.1) is 5.92 Å². The zero-order valence-electron chi connectivity index (χ0n) is 11.2. The number of hydrogen-bond donors (Lipinski definition) is 0. The van der Waals surface area contributed by atoms with Crippen LogP contribution >= 0.6 is 11.6 Å². The molecule has 0 bridgehead atoms. The van der Waals surface area contributed by atoms with Gasteiger partial charge in [0, 0.05) is 24.7 Å². The molecule has 1 aromatic heterocycles. The fourth-order valence-electron chi connectivity index (χ4n) is 2.35. The van der Waals surface area contributed by atoms with Crippen LogP contribution in [0.2, 0.25) is 0 Å². The van der Waals surface area contributed by atoms with Crippen molar-refractivity contribution in [3.8, 4) is 0 Å². The fourth-order valence-corrected chi connectivity index (χ4v) is 4.20. The first-order valence-electron chi connectivity index (χ1n) is 6.48. The van der Waals surface area contributed by atoms with E-state index in [4.69, 9.17) is 11.6 Å². The minimum atomic E-state index is -3.49. The molecule has 0 aromatic carbocycles. The summed E-state index contributed by atoms with van der Waals surface area (Å²) in [5.74, 6) is 0.734. The highest BCUT2D eigenvalue weighted by atomic mass is 35.5. The third-order valence-corrected chi connectivity index (χ3v) is 5.79. The van der Waals surface area contributed by atoms with Gasteiger partial charge in [-0.3, -0.25) is 0 Å². The van der Waals surface area contributed by atoms with Gasteiger partial charge in [-0.25, -0.2) is 13.4 Å². The number of alkyl halides is 1. The van der Waals surface area contributed by atoms with E-state index >= 15 is 0 Å². The van der Waals surface area contributed by atoms with Gasteiger partial charge in [-0.1, -0.05) is 13.0 Å². The molecule has 1 fully saturated rings. The largest absolute Gasteiger partial charge is 0.260 e. The van der Waals surface area contributed by atoms with Crippen LogP contribution in [0.4, 0.5) is 0 Å². The first-order valence-corrected chi connectivity index (χ1v) is 8.45. The highest BCUT2D eigenvalue weighted by Gasteiger charge is 2.34. The van der Waals surface area contributed by atoms with Crippen molar-refractivity contribution < 1.29 is 8.42 Å². The molecule has 0 saturated carbocycles. The first-order chi connectivity index (χ1) is 8.95. The second-order valence-corrected chi connectivity index (χ2v) is 7.35. The van der Waals surface area contributed by atoms with Crippen LogP contribution < -0.4 is 0 Å². The molecule has 0 aliphatic carbocycles. The van der Waals surface area contributed by atoms with Gasteiger partial charge in [0.15, 0.2) is 5.03 Å². The minimum Gasteiger partial charge on any atom is -0.243 e. The number of halogens is 1. The van der Waals surface area contributed by atoms with Crippen molar-refractivity contribution in [1.29, 1.82) is 0 Å². The topological polar surface area (TPSA) is 50.3 Å². The number of pyridine rings is 1. The number of rotatable bonds is 3. The molecular weight excluding hydrogens is 284 g/mol. The average Bonchev–Trinajstić information content (AvgIpc) is 2.41. The van der Waals surface area contributed by atoms with E-state index in [9.17, 15) is 8.42 Å². The van der Waals surface area contributed by atoms with E-state index in [0.717, 1.165) is 18.4 Å². The van der Waals surface area contributed by atoms with Crippen LogP contribution in [0.15, 0.2) is 23.4 Å². The van der Waals surface area contributed by atoms with Crippen molar-refractivity contribution in [2.24, 2.45) is 5.92 Å². The van der Waals surface area contributed by atoms with E-state index in [1.54, 1.807) is 16.4 Å². The molecule has 106 valence electrons. The monoisotopic (exact) mass is 302 g/mol. The number of piperidine rings is 1. The molecule has 6 heteroatoms. The molecule has 0 amide bonds. The summed E-state index contributed by atoms with van der Waals surface area (Å²) in [6.07, 6.45) is 3.50. The van der Waals surface area contributed by atoms with E-state index in [2.05, 4.69) is 11.9 Å². The third kappa shape index (κ3) is 3.09. The molecule has 2 unspecified atom stereocenters. The van der Waals surface area contributed by atoms with Gasteiger partial charge in [0.1, 0.15) is 0 Å². The molecule has 2 heterocycles. The van der Waals surface area contributed by atoms with Crippen LogP contribution in [-0.2, 0) is 15.9 Å². The van der Waals surface area contributed by atoms with Gasteiger partial charge < -0.3 is 0 Å². The summed E-state index contributed by atoms with van der Waals surface area (Å²) in [5.41, 5.74) is 0.820. The molecule has 1 aromatic rings. The Morgan fingerprint density at radius 2 is 2.11 bits per heavy atom. The molecule has 1 saturated heterocycles. The minimum absolute atomic E-state index is 0.0377. The molecular formula is C13H19ClN2O2S. The Labute approximate surface area is 119 Å². The summed E-state index contributed by atoms with van der Waals surface area (Å²) >= 11 is 5.68. The smallest absolute Gasteiger partial charge is 0.243 e. The Morgan fingerprint density at radius 1 is 1.37 bits per heavy atom. The van der Waals surface area contributed by atoms with Gasteiger partial charge in [0.2, 0.25) is 0 Å². The zero-order valence-corrected chi connectivity index (χ0v) is 12.8. The lowest BCUT2D eigenvalue weighted by atomic mass is 9.97. The number of aromatic nitrogens is 1. The van der Waals surface area contributed by atoms with Gasteiger partial charge >= 0.3 is 0 Å². The first kappa shape index (κ1) is 14.8. The fraction of sp³-hybridized carbons (Fsp3) is 0.615. The maximum Gasteiger partial charge on any atom is 0.260 e. The Hall–Kier alpha value is -0.650. The predicted molar refractivity (Wildman–Crippen MR) is 75.5 cm³/mol. The second kappa shape index (κ2) is 5.77. The molecule has 2 atom stereocenters. The predicted octanol–water partition coefficient (Wildman–Crippen LogP) is 2.63. The molecule has 19 heavy (non-hydrogen) atoms. The second-order valence-electron chi connectivity index (χ2n) is 5.24. The van der Waals surface area contributed by atoms with Gasteiger partial charge in [0.25, 0.3) is 10.0 Å². The normalized spacial score (nSPS) is 25.4. The number of hydrogen-bond acceptors (Lipinski definition) is 3. The van der Waals surface area contributed by atoms with E-state index in [-0.39, 0.29) is 11.1 Å². The van der Waals surface area contributed by atoms with Crippen molar-refractivity contribution in [1.82, 2.24) is 9.29 Å². The van der Waals surface area contributed by atoms with E-state index in [1.165, 1.54) is 6.20 Å². The van der Waals surface area contributed by atoms with Crippen LogP contribution in [0.3, 0.4) is 0 Å². The summed E-state index contributed by atoms with van der Waals surface area (Å²) in [5, 5.41) is 0.113. The lowest BCUT2D eigenvalue weighted by Crippen LogP contribution is -2.45. The highest BCUT2D eigenvalue weighted by Crippen LogP contribution is 2.27. The molecule has 0 N–H and O–H groups in total. The molecule has 1 aliphatic heterocycles. The van der Waals surface area contributed by atoms with Gasteiger partial charge in [0.05, 0.1) is 0 Å². The Kier molecular flexibility index (Phi) is 4.48. The number of nitrogens with zero attached hydrogens (tertiary/aromatic N) is 2. The van der Waals surface area contributed by atoms with Crippen molar-refractivity contribution in [3.63, 3.8) is 0 Å². The van der Waals surface area contributed by atoms with E-state index in [1.807, 2.05) is 6.92 Å². The summed E-state index contributed by atoms with van der Waals surface area (Å²) in [7, 11) is -3.49. The van der Waals surface area contributed by atoms with Gasteiger partial charge in [-0.2, -0.15) is 4.31 Å². The molecule has 1 aliphatic rings. The standard InChI is InChI=1S/C13H19ClN2O2S/c1-10-3-4-11(2)16(9-10)19(17,18)13-6-5-12(7-14)8-15-13/h5-6,8,10-11H,3-4,7,9H2,1-2H3. The van der Waals surface area contributed by atoms with Crippen LogP contribution in [0.25, 0.3) is 0 Å². The van der Waals surface area contributed by atoms with Crippen molar-refractivity contribution in [2.75, 3.05) is 6.54 Å². The Bertz CT molecular complexity index is 530. The van der Waals surface area contributed by atoms with E-state index in [0.29, 0.717) is 18.3 Å². The molecule has 0 spiro atoms.